The van der Waals surface area contributed by atoms with Crippen molar-refractivity contribution in [1.29, 1.82) is 0 Å². The molecule has 1 rings (SSSR count). The Bertz CT molecular complexity index is 283. The minimum atomic E-state index is -0.787. The second kappa shape index (κ2) is 6.53. The number of likely N-dealkylation sites (tertiary alicyclic amines) is 1. The van der Waals surface area contributed by atoms with Gasteiger partial charge in [0.15, 0.2) is 0 Å². The SMILES string of the molecule is CNC(C)(CCCN1CCCC(C)C1C)C(=O)O. The number of hydrogen-bond acceptors (Lipinski definition) is 3. The summed E-state index contributed by atoms with van der Waals surface area (Å²) in [7, 11) is 1.72. The van der Waals surface area contributed by atoms with Crippen molar-refractivity contribution in [3.8, 4) is 0 Å². The molecule has 0 bridgehead atoms. The minimum absolute atomic E-state index is 0.629. The van der Waals surface area contributed by atoms with Crippen LogP contribution >= 0.6 is 0 Å². The van der Waals surface area contributed by atoms with E-state index in [1.807, 2.05) is 0 Å². The number of aliphatic carboxylic acids is 1. The molecular formula is C14H28N2O2. The van der Waals surface area contributed by atoms with Crippen molar-refractivity contribution in [2.45, 2.75) is 58.0 Å². The third-order valence-electron chi connectivity index (χ3n) is 4.65. The molecule has 106 valence electrons. The lowest BCUT2D eigenvalue weighted by Gasteiger charge is -2.38. The molecule has 3 atom stereocenters. The molecule has 0 aliphatic carbocycles. The van der Waals surface area contributed by atoms with Gasteiger partial charge in [0, 0.05) is 6.04 Å². The zero-order valence-corrected chi connectivity index (χ0v) is 12.2. The van der Waals surface area contributed by atoms with E-state index < -0.39 is 11.5 Å². The van der Waals surface area contributed by atoms with Crippen LogP contribution in [0.2, 0.25) is 0 Å². The summed E-state index contributed by atoms with van der Waals surface area (Å²) in [5.74, 6) is -0.000955. The highest BCUT2D eigenvalue weighted by Crippen LogP contribution is 2.23. The molecule has 2 N–H and O–H groups in total. The molecule has 4 nitrogen and oxygen atoms in total. The molecule has 0 saturated carbocycles. The number of nitrogens with one attached hydrogen (secondary N) is 1. The average Bonchev–Trinajstić information content (AvgIpc) is 2.34. The number of likely N-dealkylation sites (N-methyl/N-ethyl adjacent to an activating group) is 1. The van der Waals surface area contributed by atoms with E-state index >= 15 is 0 Å². The minimum Gasteiger partial charge on any atom is -0.480 e. The average molecular weight is 256 g/mol. The van der Waals surface area contributed by atoms with Crippen LogP contribution in [-0.2, 0) is 4.79 Å². The fourth-order valence-electron chi connectivity index (χ4n) is 2.71. The third-order valence-corrected chi connectivity index (χ3v) is 4.65. The summed E-state index contributed by atoms with van der Waals surface area (Å²) in [4.78, 5) is 13.7. The fourth-order valence-corrected chi connectivity index (χ4v) is 2.71. The lowest BCUT2D eigenvalue weighted by Crippen LogP contribution is -2.48. The van der Waals surface area contributed by atoms with Crippen LogP contribution in [-0.4, -0.2) is 47.7 Å². The summed E-state index contributed by atoms with van der Waals surface area (Å²) in [6.45, 7) is 8.53. The van der Waals surface area contributed by atoms with E-state index in [2.05, 4.69) is 24.1 Å². The maximum absolute atomic E-state index is 11.2. The molecule has 4 heteroatoms. The Morgan fingerprint density at radius 3 is 2.72 bits per heavy atom. The van der Waals surface area contributed by atoms with Crippen molar-refractivity contribution < 1.29 is 9.90 Å². The highest BCUT2D eigenvalue weighted by molar-refractivity contribution is 5.78. The van der Waals surface area contributed by atoms with E-state index in [1.165, 1.54) is 12.8 Å². The van der Waals surface area contributed by atoms with Gasteiger partial charge < -0.3 is 15.3 Å². The van der Waals surface area contributed by atoms with Crippen molar-refractivity contribution in [2.75, 3.05) is 20.1 Å². The van der Waals surface area contributed by atoms with Crippen molar-refractivity contribution >= 4 is 5.97 Å². The Balaban J connectivity index is 2.39. The predicted octanol–water partition coefficient (Wildman–Crippen LogP) is 1.95. The van der Waals surface area contributed by atoms with Gasteiger partial charge in [0.1, 0.15) is 5.54 Å². The molecule has 1 aliphatic rings. The number of carbonyl (C=O) groups is 1. The molecule has 0 aromatic heterocycles. The summed E-state index contributed by atoms with van der Waals surface area (Å²) >= 11 is 0. The zero-order valence-electron chi connectivity index (χ0n) is 12.2. The Labute approximate surface area is 111 Å². The molecule has 0 amide bonds. The normalized spacial score (nSPS) is 28.9. The van der Waals surface area contributed by atoms with Crippen LogP contribution in [0.1, 0.15) is 46.5 Å². The topological polar surface area (TPSA) is 52.6 Å². The maximum atomic E-state index is 11.2. The first-order valence-corrected chi connectivity index (χ1v) is 7.07. The van der Waals surface area contributed by atoms with Gasteiger partial charge >= 0.3 is 5.97 Å². The number of carboxylic acids is 1. The third kappa shape index (κ3) is 3.69. The molecule has 0 aromatic rings. The number of hydrogen-bond donors (Lipinski definition) is 2. The van der Waals surface area contributed by atoms with Crippen molar-refractivity contribution in [1.82, 2.24) is 10.2 Å². The molecule has 0 spiro atoms. The van der Waals surface area contributed by atoms with E-state index in [0.29, 0.717) is 12.5 Å². The van der Waals surface area contributed by atoms with Crippen LogP contribution in [0.5, 0.6) is 0 Å². The van der Waals surface area contributed by atoms with Crippen LogP contribution in [0, 0.1) is 5.92 Å². The highest BCUT2D eigenvalue weighted by atomic mass is 16.4. The summed E-state index contributed by atoms with van der Waals surface area (Å²) < 4.78 is 0. The number of piperidine rings is 1. The Kier molecular flexibility index (Phi) is 5.60. The summed E-state index contributed by atoms with van der Waals surface area (Å²) in [6, 6.07) is 0.629. The number of carboxylic acid groups (broad SMARTS) is 1. The summed E-state index contributed by atoms with van der Waals surface area (Å²) in [6.07, 6.45) is 4.20. The molecule has 1 saturated heterocycles. The van der Waals surface area contributed by atoms with Gasteiger partial charge in [0.05, 0.1) is 0 Å². The van der Waals surface area contributed by atoms with Gasteiger partial charge in [-0.2, -0.15) is 0 Å². The largest absolute Gasteiger partial charge is 0.480 e. The first kappa shape index (κ1) is 15.4. The first-order valence-electron chi connectivity index (χ1n) is 7.07. The van der Waals surface area contributed by atoms with Crippen LogP contribution in [0.4, 0.5) is 0 Å². The molecule has 1 fully saturated rings. The van der Waals surface area contributed by atoms with Crippen molar-refractivity contribution in [3.05, 3.63) is 0 Å². The molecular weight excluding hydrogens is 228 g/mol. The predicted molar refractivity (Wildman–Crippen MR) is 73.8 cm³/mol. The monoisotopic (exact) mass is 256 g/mol. The van der Waals surface area contributed by atoms with E-state index in [9.17, 15) is 9.90 Å². The molecule has 18 heavy (non-hydrogen) atoms. The van der Waals surface area contributed by atoms with Crippen LogP contribution in [0.25, 0.3) is 0 Å². The zero-order chi connectivity index (χ0) is 13.8. The molecule has 1 heterocycles. The van der Waals surface area contributed by atoms with E-state index in [4.69, 9.17) is 0 Å². The van der Waals surface area contributed by atoms with E-state index in [1.54, 1.807) is 14.0 Å². The summed E-state index contributed by atoms with van der Waals surface area (Å²) in [5.41, 5.74) is -0.787. The van der Waals surface area contributed by atoms with Crippen molar-refractivity contribution in [2.24, 2.45) is 5.92 Å². The van der Waals surface area contributed by atoms with Gasteiger partial charge in [0.2, 0.25) is 0 Å². The molecule has 0 radical (unpaired) electrons. The highest BCUT2D eigenvalue weighted by Gasteiger charge is 2.31. The lowest BCUT2D eigenvalue weighted by atomic mass is 9.91. The van der Waals surface area contributed by atoms with E-state index in [-0.39, 0.29) is 0 Å². The lowest BCUT2D eigenvalue weighted by molar-refractivity contribution is -0.144. The van der Waals surface area contributed by atoms with Gasteiger partial charge in [-0.3, -0.25) is 4.79 Å². The molecule has 1 aliphatic heterocycles. The Morgan fingerprint density at radius 2 is 2.17 bits per heavy atom. The van der Waals surface area contributed by atoms with Gasteiger partial charge in [-0.1, -0.05) is 6.92 Å². The second-order valence-electron chi connectivity index (χ2n) is 5.89. The summed E-state index contributed by atoms with van der Waals surface area (Å²) in [5, 5.41) is 12.1. The molecule has 3 unspecified atom stereocenters. The van der Waals surface area contributed by atoms with Gasteiger partial charge in [0.25, 0.3) is 0 Å². The van der Waals surface area contributed by atoms with Crippen LogP contribution in [0.3, 0.4) is 0 Å². The van der Waals surface area contributed by atoms with Crippen LogP contribution in [0.15, 0.2) is 0 Å². The van der Waals surface area contributed by atoms with Crippen LogP contribution < -0.4 is 5.32 Å². The number of nitrogens with zero attached hydrogens (tertiary/aromatic N) is 1. The second-order valence-corrected chi connectivity index (χ2v) is 5.89. The first-order chi connectivity index (χ1) is 8.40. The molecule has 0 aromatic carbocycles. The van der Waals surface area contributed by atoms with Gasteiger partial charge in [-0.05, 0) is 65.6 Å². The van der Waals surface area contributed by atoms with Crippen molar-refractivity contribution in [3.63, 3.8) is 0 Å². The number of rotatable bonds is 6. The van der Waals surface area contributed by atoms with Gasteiger partial charge in [-0.25, -0.2) is 0 Å². The Hall–Kier alpha value is -0.610. The fraction of sp³-hybridized carbons (Fsp3) is 0.929. The quantitative estimate of drug-likeness (QED) is 0.762. The Morgan fingerprint density at radius 1 is 1.50 bits per heavy atom. The standard InChI is InChI=1S/C14H28N2O2/c1-11-7-5-9-16(12(11)2)10-6-8-14(3,15-4)13(17)18/h11-12,15H,5-10H2,1-4H3,(H,17,18). The maximum Gasteiger partial charge on any atom is 0.323 e. The smallest absolute Gasteiger partial charge is 0.323 e. The van der Waals surface area contributed by atoms with Gasteiger partial charge in [-0.15, -0.1) is 0 Å². The van der Waals surface area contributed by atoms with E-state index in [0.717, 1.165) is 25.4 Å².